The smallest absolute Gasteiger partial charge is 0.0165 e. The van der Waals surface area contributed by atoms with Gasteiger partial charge in [0.15, 0.2) is 0 Å². The van der Waals surface area contributed by atoms with Crippen LogP contribution in [0.1, 0.15) is 49.9 Å². The molecule has 0 spiro atoms. The second kappa shape index (κ2) is 8.80. The van der Waals surface area contributed by atoms with Gasteiger partial charge in [0.2, 0.25) is 0 Å². The van der Waals surface area contributed by atoms with E-state index < -0.39 is 0 Å². The predicted octanol–water partition coefficient (Wildman–Crippen LogP) is 11.9. The van der Waals surface area contributed by atoms with E-state index in [0.29, 0.717) is 0 Å². The van der Waals surface area contributed by atoms with Crippen molar-refractivity contribution in [1.82, 2.24) is 0 Å². The molecule has 0 fully saturated rings. The predicted molar refractivity (Wildman–Crippen MR) is 187 cm³/mol. The summed E-state index contributed by atoms with van der Waals surface area (Å²) in [6, 6.07) is 50.1. The molecule has 44 heavy (non-hydrogen) atoms. The minimum absolute atomic E-state index is 0.0430. The van der Waals surface area contributed by atoms with Gasteiger partial charge < -0.3 is 0 Å². The summed E-state index contributed by atoms with van der Waals surface area (Å²) in [5, 5.41) is 5.23. The maximum absolute atomic E-state index is 2.48. The third-order valence-electron chi connectivity index (χ3n) is 10.7. The molecule has 2 aliphatic rings. The summed E-state index contributed by atoms with van der Waals surface area (Å²) >= 11 is 0. The molecular weight excluding hydrogens is 528 g/mol. The van der Waals surface area contributed by atoms with Gasteiger partial charge in [-0.15, -0.1) is 0 Å². The first-order chi connectivity index (χ1) is 21.4. The molecule has 0 bridgehead atoms. The monoisotopic (exact) mass is 562 g/mol. The number of hydrogen-bond donors (Lipinski definition) is 0. The molecule has 210 valence electrons. The minimum atomic E-state index is -0.0933. The second-order valence-corrected chi connectivity index (χ2v) is 13.7. The van der Waals surface area contributed by atoms with Crippen LogP contribution >= 0.6 is 0 Å². The Morgan fingerprint density at radius 2 is 0.795 bits per heavy atom. The highest BCUT2D eigenvalue weighted by Crippen LogP contribution is 2.55. The Bertz CT molecular complexity index is 2270. The molecule has 0 amide bonds. The lowest BCUT2D eigenvalue weighted by Crippen LogP contribution is -2.16. The Hall–Kier alpha value is -4.94. The average molecular weight is 563 g/mol. The van der Waals surface area contributed by atoms with Crippen molar-refractivity contribution in [2.24, 2.45) is 0 Å². The van der Waals surface area contributed by atoms with Crippen LogP contribution in [-0.4, -0.2) is 0 Å². The summed E-state index contributed by atoms with van der Waals surface area (Å²) in [5.41, 5.74) is 16.3. The van der Waals surface area contributed by atoms with Crippen molar-refractivity contribution in [2.45, 2.75) is 38.5 Å². The maximum atomic E-state index is 2.48. The van der Waals surface area contributed by atoms with Gasteiger partial charge in [0, 0.05) is 10.8 Å². The van der Waals surface area contributed by atoms with Gasteiger partial charge in [-0.2, -0.15) is 0 Å². The van der Waals surface area contributed by atoms with Gasteiger partial charge in [0.1, 0.15) is 0 Å². The minimum Gasteiger partial charge on any atom is -0.0619 e. The van der Waals surface area contributed by atoms with Crippen LogP contribution in [-0.2, 0) is 10.8 Å². The van der Waals surface area contributed by atoms with Gasteiger partial charge in [0.25, 0.3) is 0 Å². The van der Waals surface area contributed by atoms with Gasteiger partial charge in [-0.05, 0) is 94.4 Å². The number of benzene rings is 7. The molecule has 2 aliphatic carbocycles. The molecule has 0 radical (unpaired) electrons. The van der Waals surface area contributed by atoms with Crippen LogP contribution in [0.4, 0.5) is 0 Å². The van der Waals surface area contributed by atoms with Crippen LogP contribution in [0.3, 0.4) is 0 Å². The van der Waals surface area contributed by atoms with Gasteiger partial charge in [-0.3, -0.25) is 0 Å². The van der Waals surface area contributed by atoms with Crippen molar-refractivity contribution in [3.63, 3.8) is 0 Å². The van der Waals surface area contributed by atoms with Gasteiger partial charge >= 0.3 is 0 Å². The first-order valence-corrected chi connectivity index (χ1v) is 15.8. The highest BCUT2D eigenvalue weighted by atomic mass is 14.4. The molecule has 0 saturated carbocycles. The Morgan fingerprint density at radius 3 is 1.43 bits per heavy atom. The standard InChI is InChI=1S/C44H34/c1-43(2)37-22-11-9-14-28(37)30-25-24-27(26-39(30)43)40-31-16-5-7-18-33(31)41(34-19-8-6-17-32(34)40)36-21-13-20-35-29-15-10-12-23-38(29)44(3,4)42(35)36/h5-26H,1-4H3. The molecule has 0 atom stereocenters. The van der Waals surface area contributed by atoms with Crippen LogP contribution < -0.4 is 0 Å². The molecule has 0 heteroatoms. The fraction of sp³-hybridized carbons (Fsp3) is 0.136. The first-order valence-electron chi connectivity index (χ1n) is 15.8. The van der Waals surface area contributed by atoms with Gasteiger partial charge in [-0.25, -0.2) is 0 Å². The molecule has 7 aromatic rings. The molecule has 9 rings (SSSR count). The number of hydrogen-bond acceptors (Lipinski definition) is 0. The third kappa shape index (κ3) is 3.23. The molecule has 0 heterocycles. The summed E-state index contributed by atoms with van der Waals surface area (Å²) in [7, 11) is 0. The Balaban J connectivity index is 1.36. The molecule has 0 unspecified atom stereocenters. The quantitative estimate of drug-likeness (QED) is 0.184. The van der Waals surface area contributed by atoms with Crippen molar-refractivity contribution in [1.29, 1.82) is 0 Å². The van der Waals surface area contributed by atoms with Crippen molar-refractivity contribution < 1.29 is 0 Å². The molecule has 0 aliphatic heterocycles. The fourth-order valence-electron chi connectivity index (χ4n) is 8.65. The molecule has 7 aromatic carbocycles. The summed E-state index contributed by atoms with van der Waals surface area (Å²) in [4.78, 5) is 0. The third-order valence-corrected chi connectivity index (χ3v) is 10.7. The van der Waals surface area contributed by atoms with E-state index in [1.807, 2.05) is 0 Å². The van der Waals surface area contributed by atoms with E-state index in [4.69, 9.17) is 0 Å². The highest BCUT2D eigenvalue weighted by Gasteiger charge is 2.38. The number of fused-ring (bicyclic) bond motifs is 8. The first kappa shape index (κ1) is 25.5. The summed E-state index contributed by atoms with van der Waals surface area (Å²) < 4.78 is 0. The van der Waals surface area contributed by atoms with E-state index in [0.717, 1.165) is 0 Å². The van der Waals surface area contributed by atoms with E-state index in [-0.39, 0.29) is 10.8 Å². The molecular formula is C44H34. The lowest BCUT2D eigenvalue weighted by Gasteiger charge is -2.26. The summed E-state index contributed by atoms with van der Waals surface area (Å²) in [5.74, 6) is 0. The van der Waals surface area contributed by atoms with Crippen molar-refractivity contribution in [2.75, 3.05) is 0 Å². The van der Waals surface area contributed by atoms with Gasteiger partial charge in [-0.1, -0.05) is 155 Å². The van der Waals surface area contributed by atoms with E-state index >= 15 is 0 Å². The molecule has 0 N–H and O–H groups in total. The zero-order valence-electron chi connectivity index (χ0n) is 25.7. The normalized spacial score (nSPS) is 15.2. The van der Waals surface area contributed by atoms with Crippen LogP contribution in [0.5, 0.6) is 0 Å². The lowest BCUT2D eigenvalue weighted by molar-refractivity contribution is 0.660. The average Bonchev–Trinajstić information content (AvgIpc) is 3.43. The highest BCUT2D eigenvalue weighted by molar-refractivity contribution is 6.22. The van der Waals surface area contributed by atoms with E-state index in [2.05, 4.69) is 161 Å². The zero-order valence-corrected chi connectivity index (χ0v) is 25.7. The number of rotatable bonds is 2. The van der Waals surface area contributed by atoms with Crippen LogP contribution in [0.15, 0.2) is 133 Å². The van der Waals surface area contributed by atoms with Gasteiger partial charge in [0.05, 0.1) is 0 Å². The van der Waals surface area contributed by atoms with Crippen LogP contribution in [0.2, 0.25) is 0 Å². The lowest BCUT2D eigenvalue weighted by atomic mass is 9.76. The summed E-state index contributed by atoms with van der Waals surface area (Å²) in [6.45, 7) is 9.53. The van der Waals surface area contributed by atoms with Crippen LogP contribution in [0.25, 0.3) is 66.1 Å². The van der Waals surface area contributed by atoms with Crippen LogP contribution in [0, 0.1) is 0 Å². The van der Waals surface area contributed by atoms with E-state index in [1.165, 1.54) is 88.3 Å². The topological polar surface area (TPSA) is 0 Å². The van der Waals surface area contributed by atoms with E-state index in [9.17, 15) is 0 Å². The maximum Gasteiger partial charge on any atom is 0.0165 e. The molecule has 0 nitrogen and oxygen atoms in total. The van der Waals surface area contributed by atoms with Crippen molar-refractivity contribution >= 4 is 21.5 Å². The Morgan fingerprint density at radius 1 is 0.341 bits per heavy atom. The second-order valence-electron chi connectivity index (χ2n) is 13.7. The molecule has 0 saturated heterocycles. The Labute approximate surface area is 259 Å². The van der Waals surface area contributed by atoms with Crippen molar-refractivity contribution in [3.05, 3.63) is 156 Å². The summed E-state index contributed by atoms with van der Waals surface area (Å²) in [6.07, 6.45) is 0. The largest absolute Gasteiger partial charge is 0.0619 e. The molecule has 0 aromatic heterocycles. The SMILES string of the molecule is CC1(C)c2ccccc2-c2ccc(-c3c4ccccc4c(-c4cccc5c4C(C)(C)c4ccccc4-5)c4ccccc34)cc21. The van der Waals surface area contributed by atoms with E-state index in [1.54, 1.807) is 0 Å². The Kier molecular flexibility index (Phi) is 5.11. The fourth-order valence-corrected chi connectivity index (χ4v) is 8.65. The zero-order chi connectivity index (χ0) is 29.8. The van der Waals surface area contributed by atoms with Crippen molar-refractivity contribution in [3.8, 4) is 44.5 Å².